The topological polar surface area (TPSA) is 52.0 Å². The van der Waals surface area contributed by atoms with Crippen LogP contribution in [0.3, 0.4) is 0 Å². The van der Waals surface area contributed by atoms with Crippen molar-refractivity contribution in [3.05, 3.63) is 29.6 Å². The largest absolute Gasteiger partial charge is 0.326 e. The predicted molar refractivity (Wildman–Crippen MR) is 78.4 cm³/mol. The molecule has 1 heterocycles. The number of aromatic nitrogens is 2. The molecule has 0 aliphatic heterocycles. The second-order valence-corrected chi connectivity index (χ2v) is 7.77. The van der Waals surface area contributed by atoms with Gasteiger partial charge in [-0.25, -0.2) is 13.4 Å². The Morgan fingerprint density at radius 1 is 1.42 bits per heavy atom. The van der Waals surface area contributed by atoms with E-state index in [0.29, 0.717) is 12.4 Å². The fourth-order valence-electron chi connectivity index (χ4n) is 2.05. The van der Waals surface area contributed by atoms with Crippen LogP contribution >= 0.6 is 11.6 Å². The van der Waals surface area contributed by atoms with Gasteiger partial charge >= 0.3 is 0 Å². The van der Waals surface area contributed by atoms with Crippen molar-refractivity contribution in [3.63, 3.8) is 0 Å². The van der Waals surface area contributed by atoms with Gasteiger partial charge in [0.15, 0.2) is 0 Å². The van der Waals surface area contributed by atoms with Crippen LogP contribution in [0.15, 0.2) is 18.2 Å². The maximum atomic E-state index is 11.3. The van der Waals surface area contributed by atoms with E-state index in [-0.39, 0.29) is 11.1 Å². The number of halogens is 1. The van der Waals surface area contributed by atoms with Gasteiger partial charge in [0.2, 0.25) is 0 Å². The van der Waals surface area contributed by atoms with Gasteiger partial charge in [0.25, 0.3) is 0 Å². The van der Waals surface area contributed by atoms with Gasteiger partial charge in [0, 0.05) is 12.8 Å². The average Bonchev–Trinajstić information content (AvgIpc) is 2.63. The smallest absolute Gasteiger partial charge is 0.149 e. The third-order valence-corrected chi connectivity index (χ3v) is 4.09. The van der Waals surface area contributed by atoms with Crippen LogP contribution in [0.4, 0.5) is 0 Å². The lowest BCUT2D eigenvalue weighted by Crippen LogP contribution is -2.13. The van der Waals surface area contributed by atoms with Gasteiger partial charge < -0.3 is 4.57 Å². The molecule has 0 bridgehead atoms. The fraction of sp³-hybridized carbons (Fsp3) is 0.462. The molecule has 1 atom stereocenters. The van der Waals surface area contributed by atoms with Crippen LogP contribution in [0.25, 0.3) is 11.0 Å². The molecule has 19 heavy (non-hydrogen) atoms. The number of alkyl halides is 1. The molecule has 0 spiro atoms. The van der Waals surface area contributed by atoms with Crippen molar-refractivity contribution < 1.29 is 8.42 Å². The summed E-state index contributed by atoms with van der Waals surface area (Å²) < 4.78 is 24.6. The molecule has 1 unspecified atom stereocenters. The van der Waals surface area contributed by atoms with Crippen LogP contribution in [0.1, 0.15) is 23.7 Å². The van der Waals surface area contributed by atoms with Gasteiger partial charge in [-0.15, -0.1) is 11.6 Å². The standard InChI is InChI=1S/C13H17ClN2O2S/c1-9-4-5-11-12(8-9)16(6-7-19(3,17)18)13(15-11)10(2)14/h4-5,8,10H,6-7H2,1-3H3. The molecule has 6 heteroatoms. The van der Waals surface area contributed by atoms with E-state index in [1.807, 2.05) is 36.6 Å². The van der Waals surface area contributed by atoms with E-state index in [2.05, 4.69) is 4.98 Å². The Morgan fingerprint density at radius 2 is 2.11 bits per heavy atom. The number of hydrogen-bond acceptors (Lipinski definition) is 3. The number of rotatable bonds is 4. The van der Waals surface area contributed by atoms with Gasteiger partial charge in [0.05, 0.1) is 22.2 Å². The van der Waals surface area contributed by atoms with Crippen LogP contribution in [-0.4, -0.2) is 30.0 Å². The third-order valence-electron chi connectivity index (χ3n) is 2.97. The molecule has 0 saturated carbocycles. The fourth-order valence-corrected chi connectivity index (χ4v) is 2.73. The summed E-state index contributed by atoms with van der Waals surface area (Å²) in [5.74, 6) is 0.800. The summed E-state index contributed by atoms with van der Waals surface area (Å²) in [5, 5.41) is -0.257. The molecule has 104 valence electrons. The lowest BCUT2D eigenvalue weighted by Gasteiger charge is -2.10. The van der Waals surface area contributed by atoms with Crippen LogP contribution in [0.2, 0.25) is 0 Å². The van der Waals surface area contributed by atoms with Gasteiger partial charge in [-0.3, -0.25) is 0 Å². The molecule has 0 N–H and O–H groups in total. The number of sulfone groups is 1. The number of aryl methyl sites for hydroxylation is 2. The van der Waals surface area contributed by atoms with Crippen molar-refractivity contribution in [3.8, 4) is 0 Å². The average molecular weight is 301 g/mol. The van der Waals surface area contributed by atoms with Crippen LogP contribution < -0.4 is 0 Å². The molecule has 0 radical (unpaired) electrons. The molecular weight excluding hydrogens is 284 g/mol. The third kappa shape index (κ3) is 3.28. The summed E-state index contributed by atoms with van der Waals surface area (Å²) in [7, 11) is -3.01. The Hall–Kier alpha value is -1.07. The summed E-state index contributed by atoms with van der Waals surface area (Å²) in [5.41, 5.74) is 2.90. The first-order valence-electron chi connectivity index (χ1n) is 6.06. The highest BCUT2D eigenvalue weighted by Gasteiger charge is 2.16. The zero-order valence-electron chi connectivity index (χ0n) is 11.2. The van der Waals surface area contributed by atoms with E-state index in [1.54, 1.807) is 0 Å². The maximum Gasteiger partial charge on any atom is 0.149 e. The number of benzene rings is 1. The summed E-state index contributed by atoms with van der Waals surface area (Å²) in [4.78, 5) is 4.49. The highest BCUT2D eigenvalue weighted by molar-refractivity contribution is 7.90. The van der Waals surface area contributed by atoms with Crippen molar-refractivity contribution in [1.82, 2.24) is 9.55 Å². The molecule has 4 nitrogen and oxygen atoms in total. The van der Waals surface area contributed by atoms with Gasteiger partial charge in [-0.2, -0.15) is 0 Å². The van der Waals surface area contributed by atoms with Crippen LogP contribution in [0, 0.1) is 6.92 Å². The van der Waals surface area contributed by atoms with E-state index in [1.165, 1.54) is 6.26 Å². The van der Waals surface area contributed by atoms with Crippen LogP contribution in [0.5, 0.6) is 0 Å². The number of imidazole rings is 1. The molecular formula is C13H17ClN2O2S. The van der Waals surface area contributed by atoms with E-state index >= 15 is 0 Å². The molecule has 0 saturated heterocycles. The molecule has 2 aromatic rings. The first-order chi connectivity index (χ1) is 8.78. The number of nitrogens with zero attached hydrogens (tertiary/aromatic N) is 2. The number of hydrogen-bond donors (Lipinski definition) is 0. The van der Waals surface area contributed by atoms with E-state index in [0.717, 1.165) is 16.6 Å². The first-order valence-corrected chi connectivity index (χ1v) is 8.56. The van der Waals surface area contributed by atoms with Gasteiger partial charge in [-0.1, -0.05) is 6.07 Å². The molecule has 2 rings (SSSR count). The lowest BCUT2D eigenvalue weighted by atomic mass is 10.2. The normalized spacial score (nSPS) is 13.9. The SMILES string of the molecule is Cc1ccc2nc(C(C)Cl)n(CCS(C)(=O)=O)c2c1. The Morgan fingerprint density at radius 3 is 2.68 bits per heavy atom. The summed E-state index contributed by atoms with van der Waals surface area (Å²) in [6.45, 7) is 4.22. The van der Waals surface area contributed by atoms with E-state index in [4.69, 9.17) is 11.6 Å². The van der Waals surface area contributed by atoms with E-state index in [9.17, 15) is 8.42 Å². The van der Waals surface area contributed by atoms with Gasteiger partial charge in [-0.05, 0) is 31.5 Å². The Bertz CT molecular complexity index is 705. The van der Waals surface area contributed by atoms with Gasteiger partial charge in [0.1, 0.15) is 15.7 Å². The quantitative estimate of drug-likeness (QED) is 0.816. The molecule has 0 aliphatic rings. The molecule has 0 amide bonds. The van der Waals surface area contributed by atoms with Crippen LogP contribution in [-0.2, 0) is 16.4 Å². The number of fused-ring (bicyclic) bond motifs is 1. The summed E-state index contributed by atoms with van der Waals surface area (Å²) in [6, 6.07) is 5.93. The molecule has 1 aromatic heterocycles. The van der Waals surface area contributed by atoms with Crippen molar-refractivity contribution >= 4 is 32.5 Å². The zero-order chi connectivity index (χ0) is 14.2. The Kier molecular flexibility index (Phi) is 3.87. The van der Waals surface area contributed by atoms with Crippen molar-refractivity contribution in [2.75, 3.05) is 12.0 Å². The second-order valence-electron chi connectivity index (χ2n) is 4.86. The summed E-state index contributed by atoms with van der Waals surface area (Å²) >= 11 is 6.14. The monoisotopic (exact) mass is 300 g/mol. The molecule has 1 aromatic carbocycles. The first kappa shape index (κ1) is 14.3. The van der Waals surface area contributed by atoms with Crippen molar-refractivity contribution in [1.29, 1.82) is 0 Å². The Labute approximate surface area is 118 Å². The minimum Gasteiger partial charge on any atom is -0.326 e. The predicted octanol–water partition coefficient (Wildman–Crippen LogP) is 2.69. The minimum atomic E-state index is -3.01. The van der Waals surface area contributed by atoms with Crippen molar-refractivity contribution in [2.45, 2.75) is 25.8 Å². The lowest BCUT2D eigenvalue weighted by molar-refractivity contribution is 0.593. The highest BCUT2D eigenvalue weighted by atomic mass is 35.5. The maximum absolute atomic E-state index is 11.3. The second kappa shape index (κ2) is 5.13. The zero-order valence-corrected chi connectivity index (χ0v) is 12.8. The minimum absolute atomic E-state index is 0.0863. The Balaban J connectivity index is 2.54. The van der Waals surface area contributed by atoms with E-state index < -0.39 is 9.84 Å². The molecule has 0 aliphatic carbocycles. The highest BCUT2D eigenvalue weighted by Crippen LogP contribution is 2.25. The summed E-state index contributed by atoms with van der Waals surface area (Å²) in [6.07, 6.45) is 1.24. The van der Waals surface area contributed by atoms with Crippen molar-refractivity contribution in [2.24, 2.45) is 0 Å². The molecule has 0 fully saturated rings.